The maximum Gasteiger partial charge on any atom is 0.235 e. The van der Waals surface area contributed by atoms with Gasteiger partial charge in [0.2, 0.25) is 5.91 Å². The first-order valence-corrected chi connectivity index (χ1v) is 8.06. The van der Waals surface area contributed by atoms with Crippen LogP contribution in [0.25, 0.3) is 0 Å². The Bertz CT molecular complexity index is 594. The molecule has 1 amide bonds. The number of imidazole rings is 1. The third-order valence-corrected chi connectivity index (χ3v) is 4.85. The lowest BCUT2D eigenvalue weighted by atomic mass is 9.83. The molecule has 2 aliphatic rings. The van der Waals surface area contributed by atoms with E-state index in [0.717, 1.165) is 50.8 Å². The maximum atomic E-state index is 12.3. The van der Waals surface area contributed by atoms with Gasteiger partial charge in [-0.3, -0.25) is 9.69 Å². The van der Waals surface area contributed by atoms with E-state index in [4.69, 9.17) is 0 Å². The number of nitrogens with zero attached hydrogens (tertiary/aromatic N) is 4. The number of amides is 1. The van der Waals surface area contributed by atoms with Crippen molar-refractivity contribution in [3.63, 3.8) is 0 Å². The predicted octanol–water partition coefficient (Wildman–Crippen LogP) is 1.12. The van der Waals surface area contributed by atoms with Crippen molar-refractivity contribution in [1.29, 1.82) is 5.26 Å². The van der Waals surface area contributed by atoms with Gasteiger partial charge in [-0.15, -0.1) is 0 Å². The SMILES string of the molecule is Cn1cnc2c1CCN(CC(=O)NC1(C#N)CCCCC1)C2. The minimum Gasteiger partial charge on any atom is -0.337 e. The number of hydrogen-bond acceptors (Lipinski definition) is 4. The van der Waals surface area contributed by atoms with Crippen LogP contribution < -0.4 is 5.32 Å². The highest BCUT2D eigenvalue weighted by molar-refractivity contribution is 5.79. The van der Waals surface area contributed by atoms with Crippen molar-refractivity contribution in [2.24, 2.45) is 7.05 Å². The molecule has 0 radical (unpaired) electrons. The van der Waals surface area contributed by atoms with Crippen LogP contribution in [0.1, 0.15) is 43.5 Å². The molecule has 2 heterocycles. The molecular weight excluding hydrogens is 278 g/mol. The topological polar surface area (TPSA) is 74.0 Å². The first-order chi connectivity index (χ1) is 10.6. The molecule has 6 nitrogen and oxygen atoms in total. The van der Waals surface area contributed by atoms with Crippen LogP contribution in [0.15, 0.2) is 6.33 Å². The fourth-order valence-electron chi connectivity index (χ4n) is 3.58. The summed E-state index contributed by atoms with van der Waals surface area (Å²) in [4.78, 5) is 18.8. The summed E-state index contributed by atoms with van der Waals surface area (Å²) in [5.74, 6) is -0.0390. The number of rotatable bonds is 3. The maximum absolute atomic E-state index is 12.3. The second-order valence-electron chi connectivity index (χ2n) is 6.51. The standard InChI is InChI=1S/C16H23N5O/c1-20-12-18-13-9-21(8-5-14(13)20)10-15(22)19-16(11-17)6-3-2-4-7-16/h12H,2-10H2,1H3,(H,19,22). The van der Waals surface area contributed by atoms with E-state index in [1.165, 1.54) is 5.69 Å². The van der Waals surface area contributed by atoms with Crippen molar-refractivity contribution >= 4 is 5.91 Å². The van der Waals surface area contributed by atoms with Crippen molar-refractivity contribution in [2.45, 2.75) is 50.6 Å². The van der Waals surface area contributed by atoms with Gasteiger partial charge in [0.05, 0.1) is 24.6 Å². The molecule has 1 aliphatic carbocycles. The van der Waals surface area contributed by atoms with Gasteiger partial charge < -0.3 is 9.88 Å². The van der Waals surface area contributed by atoms with Crippen LogP contribution in [-0.4, -0.2) is 39.0 Å². The average molecular weight is 301 g/mol. The quantitative estimate of drug-likeness (QED) is 0.908. The summed E-state index contributed by atoms with van der Waals surface area (Å²) in [7, 11) is 2.01. The second-order valence-corrected chi connectivity index (χ2v) is 6.51. The molecule has 1 saturated carbocycles. The molecule has 0 atom stereocenters. The molecule has 0 aromatic carbocycles. The van der Waals surface area contributed by atoms with E-state index in [1.807, 2.05) is 13.4 Å². The number of carbonyl (C=O) groups is 1. The van der Waals surface area contributed by atoms with E-state index < -0.39 is 5.54 Å². The number of nitriles is 1. The molecule has 22 heavy (non-hydrogen) atoms. The molecule has 6 heteroatoms. The van der Waals surface area contributed by atoms with Gasteiger partial charge in [0.25, 0.3) is 0 Å². The summed E-state index contributed by atoms with van der Waals surface area (Å²) in [6.07, 6.45) is 7.51. The second kappa shape index (κ2) is 6.09. The molecule has 0 bridgehead atoms. The third kappa shape index (κ3) is 3.00. The van der Waals surface area contributed by atoms with Crippen LogP contribution in [0.4, 0.5) is 0 Å². The molecule has 3 rings (SSSR count). The van der Waals surface area contributed by atoms with Gasteiger partial charge in [-0.1, -0.05) is 19.3 Å². The Hall–Kier alpha value is -1.87. The van der Waals surface area contributed by atoms with Crippen molar-refractivity contribution < 1.29 is 4.79 Å². The Morgan fingerprint density at radius 2 is 2.23 bits per heavy atom. The Balaban J connectivity index is 1.57. The largest absolute Gasteiger partial charge is 0.337 e. The number of aromatic nitrogens is 2. The van der Waals surface area contributed by atoms with Gasteiger partial charge in [-0.25, -0.2) is 4.98 Å². The minimum atomic E-state index is -0.638. The lowest BCUT2D eigenvalue weighted by Crippen LogP contribution is -2.52. The normalized spacial score (nSPS) is 20.9. The first kappa shape index (κ1) is 15.0. The molecule has 0 spiro atoms. The molecule has 0 unspecified atom stereocenters. The summed E-state index contributed by atoms with van der Waals surface area (Å²) in [6, 6.07) is 2.34. The van der Waals surface area contributed by atoms with Crippen LogP contribution in [-0.2, 0) is 24.8 Å². The van der Waals surface area contributed by atoms with Crippen molar-refractivity contribution in [3.8, 4) is 6.07 Å². The number of fused-ring (bicyclic) bond motifs is 1. The Labute approximate surface area is 131 Å². The smallest absolute Gasteiger partial charge is 0.235 e. The minimum absolute atomic E-state index is 0.0390. The van der Waals surface area contributed by atoms with E-state index in [-0.39, 0.29) is 5.91 Å². The highest BCUT2D eigenvalue weighted by Gasteiger charge is 2.34. The number of hydrogen-bond donors (Lipinski definition) is 1. The van der Waals surface area contributed by atoms with Crippen LogP contribution >= 0.6 is 0 Å². The average Bonchev–Trinajstić information content (AvgIpc) is 2.89. The summed E-state index contributed by atoms with van der Waals surface area (Å²) < 4.78 is 2.06. The molecule has 1 aliphatic heterocycles. The fourth-order valence-corrected chi connectivity index (χ4v) is 3.58. The Kier molecular flexibility index (Phi) is 4.16. The summed E-state index contributed by atoms with van der Waals surface area (Å²) in [5.41, 5.74) is 1.69. The summed E-state index contributed by atoms with van der Waals surface area (Å²) in [6.45, 7) is 1.92. The number of nitrogens with one attached hydrogen (secondary N) is 1. The van der Waals surface area contributed by atoms with Gasteiger partial charge in [0.1, 0.15) is 5.54 Å². The Morgan fingerprint density at radius 1 is 1.45 bits per heavy atom. The van der Waals surface area contributed by atoms with E-state index >= 15 is 0 Å². The monoisotopic (exact) mass is 301 g/mol. The molecule has 118 valence electrons. The van der Waals surface area contributed by atoms with Gasteiger partial charge >= 0.3 is 0 Å². The zero-order chi connectivity index (χ0) is 15.6. The zero-order valence-corrected chi connectivity index (χ0v) is 13.1. The van der Waals surface area contributed by atoms with Crippen LogP contribution in [0.5, 0.6) is 0 Å². The molecule has 0 saturated heterocycles. The molecule has 1 fully saturated rings. The number of carbonyl (C=O) groups excluding carboxylic acids is 1. The van der Waals surface area contributed by atoms with E-state index in [9.17, 15) is 10.1 Å². The van der Waals surface area contributed by atoms with Crippen molar-refractivity contribution in [1.82, 2.24) is 19.8 Å². The first-order valence-electron chi connectivity index (χ1n) is 8.06. The Morgan fingerprint density at radius 3 is 2.95 bits per heavy atom. The third-order valence-electron chi connectivity index (χ3n) is 4.85. The molecule has 1 aromatic heterocycles. The van der Waals surface area contributed by atoms with Crippen LogP contribution in [0, 0.1) is 11.3 Å². The van der Waals surface area contributed by atoms with Gasteiger partial charge in [-0.05, 0) is 12.8 Å². The number of aryl methyl sites for hydroxylation is 1. The molecular formula is C16H23N5O. The van der Waals surface area contributed by atoms with E-state index in [1.54, 1.807) is 0 Å². The van der Waals surface area contributed by atoms with E-state index in [0.29, 0.717) is 13.1 Å². The van der Waals surface area contributed by atoms with Crippen LogP contribution in [0.3, 0.4) is 0 Å². The highest BCUT2D eigenvalue weighted by atomic mass is 16.2. The van der Waals surface area contributed by atoms with Crippen molar-refractivity contribution in [2.75, 3.05) is 13.1 Å². The zero-order valence-electron chi connectivity index (χ0n) is 13.1. The molecule has 1 aromatic rings. The van der Waals surface area contributed by atoms with Gasteiger partial charge in [0.15, 0.2) is 0 Å². The predicted molar refractivity (Wildman–Crippen MR) is 81.8 cm³/mol. The molecule has 1 N–H and O–H groups in total. The highest BCUT2D eigenvalue weighted by Crippen LogP contribution is 2.27. The summed E-state index contributed by atoms with van der Waals surface area (Å²) >= 11 is 0. The lowest BCUT2D eigenvalue weighted by Gasteiger charge is -2.33. The van der Waals surface area contributed by atoms with Crippen LogP contribution in [0.2, 0.25) is 0 Å². The van der Waals surface area contributed by atoms with Gasteiger partial charge in [-0.2, -0.15) is 5.26 Å². The lowest BCUT2D eigenvalue weighted by molar-refractivity contribution is -0.124. The van der Waals surface area contributed by atoms with Crippen molar-refractivity contribution in [3.05, 3.63) is 17.7 Å². The van der Waals surface area contributed by atoms with E-state index in [2.05, 4.69) is 25.8 Å². The summed E-state index contributed by atoms with van der Waals surface area (Å²) in [5, 5.41) is 12.4. The fraction of sp³-hybridized carbons (Fsp3) is 0.688. The van der Waals surface area contributed by atoms with Gasteiger partial charge in [0, 0.05) is 32.3 Å².